The van der Waals surface area contributed by atoms with E-state index in [1.54, 1.807) is 0 Å². The van der Waals surface area contributed by atoms with Gasteiger partial charge >= 0.3 is 0 Å². The molecular formula is C12H17BrN2O4S. The second-order valence-corrected chi connectivity index (χ2v) is 6.70. The molecule has 0 saturated heterocycles. The number of benzene rings is 1. The molecule has 0 aliphatic heterocycles. The summed E-state index contributed by atoms with van der Waals surface area (Å²) >= 11 is 3.18. The van der Waals surface area contributed by atoms with Crippen LogP contribution in [0.2, 0.25) is 0 Å². The Morgan fingerprint density at radius 2 is 2.10 bits per heavy atom. The normalized spacial score (nSPS) is 12.8. The van der Waals surface area contributed by atoms with E-state index in [2.05, 4.69) is 21.2 Å². The lowest BCUT2D eigenvalue weighted by atomic mass is 10.1. The van der Waals surface area contributed by atoms with Crippen molar-refractivity contribution in [3.05, 3.63) is 22.2 Å². The molecule has 1 amide bonds. The Hall–Kier alpha value is -1.12. The van der Waals surface area contributed by atoms with E-state index in [1.165, 1.54) is 19.2 Å². The zero-order valence-corrected chi connectivity index (χ0v) is 13.8. The van der Waals surface area contributed by atoms with Crippen molar-refractivity contribution in [3.8, 4) is 5.75 Å². The zero-order chi connectivity index (χ0) is 15.5. The van der Waals surface area contributed by atoms with Crippen LogP contribution in [0, 0.1) is 0 Å². The Morgan fingerprint density at radius 3 is 2.55 bits per heavy atom. The summed E-state index contributed by atoms with van der Waals surface area (Å²) in [5, 5.41) is 7.89. The third-order valence-corrected chi connectivity index (χ3v) is 4.28. The van der Waals surface area contributed by atoms with E-state index >= 15 is 0 Å². The van der Waals surface area contributed by atoms with Gasteiger partial charge in [-0.1, -0.05) is 6.92 Å². The highest BCUT2D eigenvalue weighted by Gasteiger charge is 2.21. The quantitative estimate of drug-likeness (QED) is 0.829. The van der Waals surface area contributed by atoms with Crippen molar-refractivity contribution in [1.82, 2.24) is 5.32 Å². The lowest BCUT2D eigenvalue weighted by Crippen LogP contribution is -2.32. The molecule has 0 fully saturated rings. The summed E-state index contributed by atoms with van der Waals surface area (Å²) in [4.78, 5) is 11.8. The average Bonchev–Trinajstić information content (AvgIpc) is 2.36. The van der Waals surface area contributed by atoms with Crippen LogP contribution in [0.15, 0.2) is 21.5 Å². The van der Waals surface area contributed by atoms with E-state index in [9.17, 15) is 13.2 Å². The molecule has 0 spiro atoms. The average molecular weight is 365 g/mol. The second-order valence-electron chi connectivity index (χ2n) is 4.32. The Bertz CT molecular complexity index is 616. The molecule has 0 heterocycles. The van der Waals surface area contributed by atoms with Crippen LogP contribution >= 0.6 is 15.9 Å². The molecule has 1 aromatic carbocycles. The number of hydrogen-bond acceptors (Lipinski definition) is 4. The number of carbonyl (C=O) groups is 1. The fourth-order valence-electron chi connectivity index (χ4n) is 1.52. The Morgan fingerprint density at radius 1 is 1.50 bits per heavy atom. The van der Waals surface area contributed by atoms with Gasteiger partial charge < -0.3 is 10.1 Å². The van der Waals surface area contributed by atoms with Crippen molar-refractivity contribution < 1.29 is 17.9 Å². The number of nitrogens with two attached hydrogens (primary N) is 1. The molecular weight excluding hydrogens is 348 g/mol. The molecule has 20 heavy (non-hydrogen) atoms. The lowest BCUT2D eigenvalue weighted by Gasteiger charge is -2.14. The van der Waals surface area contributed by atoms with Crippen molar-refractivity contribution in [2.45, 2.75) is 31.2 Å². The van der Waals surface area contributed by atoms with Gasteiger partial charge in [-0.25, -0.2) is 13.6 Å². The van der Waals surface area contributed by atoms with Crippen molar-refractivity contribution in [3.63, 3.8) is 0 Å². The van der Waals surface area contributed by atoms with E-state index in [1.807, 2.05) is 13.8 Å². The van der Waals surface area contributed by atoms with Crippen LogP contribution in [0.5, 0.6) is 5.75 Å². The minimum absolute atomic E-state index is 0.0127. The summed E-state index contributed by atoms with van der Waals surface area (Å²) in [5.74, 6) is -0.291. The number of methoxy groups -OCH3 is 1. The van der Waals surface area contributed by atoms with Gasteiger partial charge in [0.05, 0.1) is 11.6 Å². The minimum atomic E-state index is -3.99. The van der Waals surface area contributed by atoms with E-state index in [0.29, 0.717) is 4.47 Å². The zero-order valence-electron chi connectivity index (χ0n) is 11.4. The van der Waals surface area contributed by atoms with Crippen LogP contribution in [-0.4, -0.2) is 27.5 Å². The summed E-state index contributed by atoms with van der Waals surface area (Å²) in [5.41, 5.74) is 0.196. The van der Waals surface area contributed by atoms with Crippen LogP contribution in [0.3, 0.4) is 0 Å². The van der Waals surface area contributed by atoms with Gasteiger partial charge in [0.25, 0.3) is 5.91 Å². The number of hydrogen-bond donors (Lipinski definition) is 2. The van der Waals surface area contributed by atoms with Gasteiger partial charge in [0.15, 0.2) is 5.75 Å². The predicted octanol–water partition coefficient (Wildman–Crippen LogP) is 1.63. The van der Waals surface area contributed by atoms with Crippen LogP contribution in [0.4, 0.5) is 0 Å². The van der Waals surface area contributed by atoms with E-state index in [-0.39, 0.29) is 28.2 Å². The van der Waals surface area contributed by atoms with Gasteiger partial charge in [0, 0.05) is 11.6 Å². The molecule has 1 atom stereocenters. The second kappa shape index (κ2) is 6.55. The molecule has 0 saturated carbocycles. The molecule has 0 radical (unpaired) electrons. The van der Waals surface area contributed by atoms with Gasteiger partial charge in [0.1, 0.15) is 4.90 Å². The first kappa shape index (κ1) is 16.9. The first-order valence-electron chi connectivity index (χ1n) is 5.91. The van der Waals surface area contributed by atoms with Crippen molar-refractivity contribution in [2.75, 3.05) is 7.11 Å². The van der Waals surface area contributed by atoms with Crippen molar-refractivity contribution >= 4 is 31.9 Å². The molecule has 6 nitrogen and oxygen atoms in total. The Labute approximate surface area is 126 Å². The van der Waals surface area contributed by atoms with Gasteiger partial charge in [0.2, 0.25) is 10.0 Å². The van der Waals surface area contributed by atoms with Crippen molar-refractivity contribution in [1.29, 1.82) is 0 Å². The first-order valence-corrected chi connectivity index (χ1v) is 8.25. The molecule has 0 aliphatic rings. The molecule has 0 aromatic heterocycles. The highest BCUT2D eigenvalue weighted by atomic mass is 79.9. The minimum Gasteiger partial charge on any atom is -0.494 e. The smallest absolute Gasteiger partial charge is 0.251 e. The highest BCUT2D eigenvalue weighted by molar-refractivity contribution is 9.10. The summed E-state index contributed by atoms with van der Waals surface area (Å²) in [6, 6.07) is 2.68. The molecule has 8 heteroatoms. The third-order valence-electron chi connectivity index (χ3n) is 2.77. The van der Waals surface area contributed by atoms with E-state index in [4.69, 9.17) is 9.88 Å². The highest BCUT2D eigenvalue weighted by Crippen LogP contribution is 2.33. The number of carbonyl (C=O) groups excluding carboxylic acids is 1. The molecule has 1 aromatic rings. The monoisotopic (exact) mass is 364 g/mol. The van der Waals surface area contributed by atoms with Crippen LogP contribution in [0.1, 0.15) is 30.6 Å². The Kier molecular flexibility index (Phi) is 5.55. The maximum Gasteiger partial charge on any atom is 0.251 e. The summed E-state index contributed by atoms with van der Waals surface area (Å²) in [7, 11) is -2.67. The fraction of sp³-hybridized carbons (Fsp3) is 0.417. The van der Waals surface area contributed by atoms with Crippen LogP contribution < -0.4 is 15.2 Å². The fourth-order valence-corrected chi connectivity index (χ4v) is 3.01. The topological polar surface area (TPSA) is 98.5 Å². The number of ether oxygens (including phenoxy) is 1. The number of primary sulfonamides is 1. The van der Waals surface area contributed by atoms with Crippen molar-refractivity contribution in [2.24, 2.45) is 5.14 Å². The van der Waals surface area contributed by atoms with Gasteiger partial charge in [-0.3, -0.25) is 4.79 Å². The molecule has 0 aliphatic carbocycles. The maximum absolute atomic E-state index is 12.0. The summed E-state index contributed by atoms with van der Waals surface area (Å²) in [6.45, 7) is 3.79. The molecule has 112 valence electrons. The molecule has 0 bridgehead atoms. The number of sulfonamides is 1. The van der Waals surface area contributed by atoms with Crippen LogP contribution in [0.25, 0.3) is 0 Å². The van der Waals surface area contributed by atoms with Gasteiger partial charge in [-0.15, -0.1) is 0 Å². The standard InChI is InChI=1S/C12H17BrN2O4S/c1-4-7(2)15-12(16)8-5-9(13)11(19-3)10(6-8)20(14,17)18/h5-7H,4H2,1-3H3,(H,15,16)(H2,14,17,18). The summed E-state index contributed by atoms with van der Waals surface area (Å²) < 4.78 is 28.5. The number of halogens is 1. The maximum atomic E-state index is 12.0. The largest absolute Gasteiger partial charge is 0.494 e. The lowest BCUT2D eigenvalue weighted by molar-refractivity contribution is 0.0939. The predicted molar refractivity (Wildman–Crippen MR) is 79.3 cm³/mol. The van der Waals surface area contributed by atoms with Crippen LogP contribution in [-0.2, 0) is 10.0 Å². The summed E-state index contributed by atoms with van der Waals surface area (Å²) in [6.07, 6.45) is 0.769. The van der Waals surface area contributed by atoms with E-state index < -0.39 is 10.0 Å². The number of rotatable bonds is 5. The van der Waals surface area contributed by atoms with Gasteiger partial charge in [-0.05, 0) is 41.4 Å². The third kappa shape index (κ3) is 3.94. The number of amides is 1. The van der Waals surface area contributed by atoms with E-state index in [0.717, 1.165) is 6.42 Å². The molecule has 1 rings (SSSR count). The SMILES string of the molecule is CCC(C)NC(=O)c1cc(Br)c(OC)c(S(N)(=O)=O)c1. The molecule has 3 N–H and O–H groups in total. The first-order chi connectivity index (χ1) is 9.20. The van der Waals surface area contributed by atoms with Gasteiger partial charge in [-0.2, -0.15) is 0 Å². The Balaban J connectivity index is 3.32. The number of nitrogens with one attached hydrogen (secondary N) is 1. The molecule has 1 unspecified atom stereocenters.